The maximum absolute atomic E-state index is 14.0. The Morgan fingerprint density at radius 1 is 1.09 bits per heavy atom. The van der Waals surface area contributed by atoms with E-state index in [0.29, 0.717) is 60.8 Å². The van der Waals surface area contributed by atoms with Crippen LogP contribution in [-0.2, 0) is 16.1 Å². The van der Waals surface area contributed by atoms with Crippen LogP contribution in [0.1, 0.15) is 36.6 Å². The fraction of sp³-hybridized carbons (Fsp3) is 0.219. The molecule has 1 unspecified atom stereocenters. The van der Waals surface area contributed by atoms with E-state index in [2.05, 4.69) is 4.99 Å². The molecule has 9 nitrogen and oxygen atoms in total. The van der Waals surface area contributed by atoms with Crippen LogP contribution in [-0.4, -0.2) is 31.0 Å². The molecule has 4 aromatic rings. The molecule has 0 amide bonds. The summed E-state index contributed by atoms with van der Waals surface area (Å²) in [6.45, 7) is 4.12. The zero-order chi connectivity index (χ0) is 30.1. The van der Waals surface area contributed by atoms with Crippen molar-refractivity contribution >= 4 is 35.0 Å². The third-order valence-corrected chi connectivity index (χ3v) is 8.26. The third-order valence-electron chi connectivity index (χ3n) is 7.02. The Hall–Kier alpha value is -4.54. The molecule has 0 bridgehead atoms. The van der Waals surface area contributed by atoms with Gasteiger partial charge in [0.2, 0.25) is 6.79 Å². The van der Waals surface area contributed by atoms with Crippen molar-refractivity contribution in [1.29, 1.82) is 0 Å². The first kappa shape index (κ1) is 28.6. The molecule has 43 heavy (non-hydrogen) atoms. The number of aromatic nitrogens is 1. The van der Waals surface area contributed by atoms with E-state index < -0.39 is 12.0 Å². The number of benzene rings is 3. The summed E-state index contributed by atoms with van der Waals surface area (Å²) in [5.74, 6) is 1.70. The fourth-order valence-electron chi connectivity index (χ4n) is 4.98. The lowest BCUT2D eigenvalue weighted by Crippen LogP contribution is -2.39. The predicted octanol–water partition coefficient (Wildman–Crippen LogP) is 4.77. The lowest BCUT2D eigenvalue weighted by molar-refractivity contribution is -0.139. The zero-order valence-corrected chi connectivity index (χ0v) is 25.2. The monoisotopic (exact) mass is 618 g/mol. The maximum atomic E-state index is 14.0. The molecule has 3 heterocycles. The molecule has 220 valence electrons. The molecule has 0 aliphatic carbocycles. The second kappa shape index (κ2) is 12.0. The van der Waals surface area contributed by atoms with Crippen LogP contribution in [0.5, 0.6) is 23.0 Å². The van der Waals surface area contributed by atoms with Gasteiger partial charge in [0, 0.05) is 5.02 Å². The highest BCUT2D eigenvalue weighted by atomic mass is 35.5. The molecule has 1 atom stereocenters. The first-order valence-electron chi connectivity index (χ1n) is 13.5. The van der Waals surface area contributed by atoms with Crippen LogP contribution < -0.4 is 33.8 Å². The van der Waals surface area contributed by atoms with Crippen molar-refractivity contribution < 1.29 is 28.5 Å². The Kier molecular flexibility index (Phi) is 7.96. The summed E-state index contributed by atoms with van der Waals surface area (Å²) in [6.07, 6.45) is 1.77. The summed E-state index contributed by atoms with van der Waals surface area (Å²) in [7, 11) is 1.56. The summed E-state index contributed by atoms with van der Waals surface area (Å²) >= 11 is 7.22. The normalized spacial score (nSPS) is 15.6. The van der Waals surface area contributed by atoms with Crippen molar-refractivity contribution in [2.24, 2.45) is 4.99 Å². The SMILES string of the molecule is CCOC(=O)C1=C(C)N=c2s/c(=C\c3ccc(OCc4ccc(Cl)cc4)c(OC)c3)c(=O)n2C1c1ccc2c(c1)OCO2. The third kappa shape index (κ3) is 5.63. The Bertz CT molecular complexity index is 1930. The number of methoxy groups -OCH3 is 1. The summed E-state index contributed by atoms with van der Waals surface area (Å²) in [4.78, 5) is 32.2. The van der Waals surface area contributed by atoms with Gasteiger partial charge in [0.25, 0.3) is 5.56 Å². The van der Waals surface area contributed by atoms with Gasteiger partial charge in [-0.2, -0.15) is 0 Å². The zero-order valence-electron chi connectivity index (χ0n) is 23.6. The highest BCUT2D eigenvalue weighted by molar-refractivity contribution is 7.07. The Labute approximate surface area is 255 Å². The molecule has 6 rings (SSSR count). The van der Waals surface area contributed by atoms with Crippen molar-refractivity contribution in [2.75, 3.05) is 20.5 Å². The van der Waals surface area contributed by atoms with Crippen molar-refractivity contribution in [2.45, 2.75) is 26.5 Å². The number of ether oxygens (including phenoxy) is 5. The number of nitrogens with zero attached hydrogens (tertiary/aromatic N) is 2. The van der Waals surface area contributed by atoms with Crippen molar-refractivity contribution in [1.82, 2.24) is 4.57 Å². The van der Waals surface area contributed by atoms with Gasteiger partial charge >= 0.3 is 5.97 Å². The van der Waals surface area contributed by atoms with Crippen LogP contribution in [0.2, 0.25) is 5.02 Å². The van der Waals surface area contributed by atoms with Gasteiger partial charge in [-0.05, 0) is 73.0 Å². The molecule has 0 saturated heterocycles. The fourth-order valence-corrected chi connectivity index (χ4v) is 6.15. The minimum Gasteiger partial charge on any atom is -0.493 e. The van der Waals surface area contributed by atoms with E-state index in [-0.39, 0.29) is 19.0 Å². The van der Waals surface area contributed by atoms with Crippen LogP contribution in [0, 0.1) is 0 Å². The molecule has 0 spiro atoms. The van der Waals surface area contributed by atoms with E-state index in [1.807, 2.05) is 36.4 Å². The number of allylic oxidation sites excluding steroid dienone is 1. The smallest absolute Gasteiger partial charge is 0.338 e. The van der Waals surface area contributed by atoms with Gasteiger partial charge in [-0.3, -0.25) is 9.36 Å². The van der Waals surface area contributed by atoms with Crippen LogP contribution >= 0.6 is 22.9 Å². The Balaban J connectivity index is 1.39. The number of carbonyl (C=O) groups excluding carboxylic acids is 1. The van der Waals surface area contributed by atoms with Gasteiger partial charge in [0.15, 0.2) is 27.8 Å². The number of thiazole rings is 1. The van der Waals surface area contributed by atoms with Gasteiger partial charge in [-0.25, -0.2) is 9.79 Å². The molecule has 2 aliphatic heterocycles. The van der Waals surface area contributed by atoms with Crippen LogP contribution in [0.15, 0.2) is 81.7 Å². The Morgan fingerprint density at radius 3 is 2.65 bits per heavy atom. The minimum atomic E-state index is -0.759. The van der Waals surface area contributed by atoms with E-state index in [1.54, 1.807) is 51.3 Å². The number of rotatable bonds is 8. The second-order valence-electron chi connectivity index (χ2n) is 9.74. The van der Waals surface area contributed by atoms with Gasteiger partial charge in [-0.1, -0.05) is 47.2 Å². The Morgan fingerprint density at radius 2 is 1.88 bits per heavy atom. The number of esters is 1. The molecule has 0 fully saturated rings. The lowest BCUT2D eigenvalue weighted by Gasteiger charge is -2.24. The second-order valence-corrected chi connectivity index (χ2v) is 11.2. The van der Waals surface area contributed by atoms with Crippen LogP contribution in [0.3, 0.4) is 0 Å². The number of hydrogen-bond acceptors (Lipinski definition) is 9. The number of carbonyl (C=O) groups is 1. The summed E-state index contributed by atoms with van der Waals surface area (Å²) < 4.78 is 30.0. The molecule has 1 aromatic heterocycles. The van der Waals surface area contributed by atoms with E-state index in [4.69, 9.17) is 35.3 Å². The molecule has 0 radical (unpaired) electrons. The van der Waals surface area contributed by atoms with Crippen molar-refractivity contribution in [3.05, 3.63) is 113 Å². The molecule has 2 aliphatic rings. The van der Waals surface area contributed by atoms with Gasteiger partial charge < -0.3 is 23.7 Å². The maximum Gasteiger partial charge on any atom is 0.338 e. The highest BCUT2D eigenvalue weighted by Crippen LogP contribution is 2.38. The van der Waals surface area contributed by atoms with E-state index in [0.717, 1.165) is 11.1 Å². The average molecular weight is 619 g/mol. The molecule has 11 heteroatoms. The van der Waals surface area contributed by atoms with Gasteiger partial charge in [0.05, 0.1) is 35.6 Å². The van der Waals surface area contributed by atoms with Gasteiger partial charge in [-0.15, -0.1) is 0 Å². The first-order chi connectivity index (χ1) is 20.9. The summed E-state index contributed by atoms with van der Waals surface area (Å²) in [6, 6.07) is 17.5. The minimum absolute atomic E-state index is 0.107. The van der Waals surface area contributed by atoms with Crippen molar-refractivity contribution in [3.8, 4) is 23.0 Å². The quantitative estimate of drug-likeness (QED) is 0.263. The summed E-state index contributed by atoms with van der Waals surface area (Å²) in [5.41, 5.74) is 2.87. The summed E-state index contributed by atoms with van der Waals surface area (Å²) in [5, 5.41) is 0.658. The number of fused-ring (bicyclic) bond motifs is 2. The largest absolute Gasteiger partial charge is 0.493 e. The molecular formula is C32H27ClN2O7S. The molecule has 3 aromatic carbocycles. The predicted molar refractivity (Wildman–Crippen MR) is 162 cm³/mol. The number of halogens is 1. The molecular weight excluding hydrogens is 592 g/mol. The van der Waals surface area contributed by atoms with Crippen LogP contribution in [0.25, 0.3) is 6.08 Å². The standard InChI is InChI=1S/C32H27ClN2O7S/c1-4-39-31(37)28-18(2)34-32-35(29(28)21-8-12-24-26(15-21)42-17-41-24)30(36)27(43-32)14-20-7-11-23(25(13-20)38-3)40-16-19-5-9-22(33)10-6-19/h5-15,29H,4,16-17H2,1-3H3/b27-14-. The highest BCUT2D eigenvalue weighted by Gasteiger charge is 2.34. The molecule has 0 N–H and O–H groups in total. The lowest BCUT2D eigenvalue weighted by atomic mass is 9.95. The van der Waals surface area contributed by atoms with E-state index in [1.165, 1.54) is 15.9 Å². The topological polar surface area (TPSA) is 97.6 Å². The number of hydrogen-bond donors (Lipinski definition) is 0. The first-order valence-corrected chi connectivity index (χ1v) is 14.7. The van der Waals surface area contributed by atoms with Gasteiger partial charge in [0.1, 0.15) is 6.61 Å². The average Bonchev–Trinajstić information content (AvgIpc) is 3.60. The van der Waals surface area contributed by atoms with E-state index in [9.17, 15) is 9.59 Å². The van der Waals surface area contributed by atoms with Crippen LogP contribution in [0.4, 0.5) is 0 Å². The molecule has 0 saturated carbocycles. The van der Waals surface area contributed by atoms with E-state index >= 15 is 0 Å². The van der Waals surface area contributed by atoms with Crippen molar-refractivity contribution in [3.63, 3.8) is 0 Å².